The second-order valence-electron chi connectivity index (χ2n) is 6.22. The maximum absolute atomic E-state index is 6.49. The van der Waals surface area contributed by atoms with Crippen molar-refractivity contribution < 1.29 is 0 Å². The normalized spacial score (nSPS) is 19.6. The number of piperidine rings is 1. The molecule has 1 aromatic heterocycles. The molecule has 2 N–H and O–H groups in total. The molecule has 0 spiro atoms. The Morgan fingerprint density at radius 3 is 2.58 bits per heavy atom. The first kappa shape index (κ1) is 14.5. The Bertz CT molecular complexity index is 391. The second-order valence-corrected chi connectivity index (χ2v) is 6.22. The van der Waals surface area contributed by atoms with E-state index in [-0.39, 0.29) is 11.6 Å². The van der Waals surface area contributed by atoms with Crippen molar-refractivity contribution in [1.82, 2.24) is 14.7 Å². The van der Waals surface area contributed by atoms with Gasteiger partial charge < -0.3 is 5.73 Å². The minimum Gasteiger partial charge on any atom is -0.326 e. The maximum atomic E-state index is 6.49. The van der Waals surface area contributed by atoms with Crippen LogP contribution >= 0.6 is 0 Å². The standard InChI is InChI=1S/C15H28N4/c1-4-19-12-13(11-17-19)10-14(16)15(2,3)18-8-6-5-7-9-18/h11-12,14H,4-10,16H2,1-3H3. The Labute approximate surface area is 117 Å². The highest BCUT2D eigenvalue weighted by molar-refractivity contribution is 5.09. The molecule has 0 saturated carbocycles. The summed E-state index contributed by atoms with van der Waals surface area (Å²) in [6, 6.07) is 0.153. The van der Waals surface area contributed by atoms with Crippen molar-refractivity contribution in [3.63, 3.8) is 0 Å². The van der Waals surface area contributed by atoms with Crippen LogP contribution in [0.25, 0.3) is 0 Å². The predicted octanol–water partition coefficient (Wildman–Crippen LogP) is 2.04. The van der Waals surface area contributed by atoms with Crippen LogP contribution < -0.4 is 5.73 Å². The van der Waals surface area contributed by atoms with Crippen molar-refractivity contribution in [2.24, 2.45) is 5.73 Å². The summed E-state index contributed by atoms with van der Waals surface area (Å²) in [4.78, 5) is 2.56. The number of likely N-dealkylation sites (tertiary alicyclic amines) is 1. The molecule has 4 nitrogen and oxygen atoms in total. The molecule has 2 heterocycles. The first-order chi connectivity index (χ1) is 9.04. The van der Waals surface area contributed by atoms with E-state index in [2.05, 4.69) is 37.0 Å². The predicted molar refractivity (Wildman–Crippen MR) is 79.1 cm³/mol. The van der Waals surface area contributed by atoms with Crippen molar-refractivity contribution >= 4 is 0 Å². The molecule has 1 fully saturated rings. The number of rotatable bonds is 5. The van der Waals surface area contributed by atoms with Crippen LogP contribution in [0.4, 0.5) is 0 Å². The molecule has 108 valence electrons. The number of hydrogen-bond donors (Lipinski definition) is 1. The number of hydrogen-bond acceptors (Lipinski definition) is 3. The Morgan fingerprint density at radius 2 is 2.00 bits per heavy atom. The topological polar surface area (TPSA) is 47.1 Å². The molecule has 1 aliphatic heterocycles. The molecule has 0 bridgehead atoms. The number of nitrogens with two attached hydrogens (primary N) is 1. The zero-order valence-corrected chi connectivity index (χ0v) is 12.6. The quantitative estimate of drug-likeness (QED) is 0.885. The molecule has 0 aromatic carbocycles. The van der Waals surface area contributed by atoms with Crippen LogP contribution in [0.2, 0.25) is 0 Å². The molecule has 1 unspecified atom stereocenters. The van der Waals surface area contributed by atoms with Gasteiger partial charge in [-0.1, -0.05) is 6.42 Å². The molecular weight excluding hydrogens is 236 g/mol. The summed E-state index contributed by atoms with van der Waals surface area (Å²) in [6.07, 6.45) is 8.96. The monoisotopic (exact) mass is 264 g/mol. The van der Waals surface area contributed by atoms with Crippen LogP contribution in [0, 0.1) is 0 Å². The smallest absolute Gasteiger partial charge is 0.0522 e. The zero-order chi connectivity index (χ0) is 13.9. The van der Waals surface area contributed by atoms with E-state index >= 15 is 0 Å². The third-order valence-electron chi connectivity index (χ3n) is 4.54. The summed E-state index contributed by atoms with van der Waals surface area (Å²) in [5, 5.41) is 4.33. The van der Waals surface area contributed by atoms with Gasteiger partial charge in [-0.3, -0.25) is 9.58 Å². The fourth-order valence-electron chi connectivity index (χ4n) is 2.89. The van der Waals surface area contributed by atoms with Gasteiger partial charge in [0.05, 0.1) is 6.20 Å². The van der Waals surface area contributed by atoms with Crippen molar-refractivity contribution in [2.45, 2.75) is 64.6 Å². The average Bonchev–Trinajstić information content (AvgIpc) is 2.87. The molecule has 1 atom stereocenters. The lowest BCUT2D eigenvalue weighted by Gasteiger charge is -2.44. The van der Waals surface area contributed by atoms with E-state index in [1.807, 2.05) is 10.9 Å². The average molecular weight is 264 g/mol. The Hall–Kier alpha value is -0.870. The van der Waals surface area contributed by atoms with Gasteiger partial charge in [-0.2, -0.15) is 5.10 Å². The highest BCUT2D eigenvalue weighted by Gasteiger charge is 2.33. The SMILES string of the molecule is CCn1cc(CC(N)C(C)(C)N2CCCCC2)cn1. The van der Waals surface area contributed by atoms with E-state index in [1.165, 1.54) is 37.9 Å². The molecule has 0 radical (unpaired) electrons. The largest absolute Gasteiger partial charge is 0.326 e. The third kappa shape index (κ3) is 3.37. The van der Waals surface area contributed by atoms with E-state index in [9.17, 15) is 0 Å². The van der Waals surface area contributed by atoms with Gasteiger partial charge in [0.25, 0.3) is 0 Å². The summed E-state index contributed by atoms with van der Waals surface area (Å²) in [5.74, 6) is 0. The second kappa shape index (κ2) is 6.06. The fraction of sp³-hybridized carbons (Fsp3) is 0.800. The molecule has 0 aliphatic carbocycles. The van der Waals surface area contributed by atoms with E-state index in [0.717, 1.165) is 13.0 Å². The highest BCUT2D eigenvalue weighted by Crippen LogP contribution is 2.24. The van der Waals surface area contributed by atoms with Crippen LogP contribution in [0.5, 0.6) is 0 Å². The summed E-state index contributed by atoms with van der Waals surface area (Å²) in [7, 11) is 0. The lowest BCUT2D eigenvalue weighted by Crippen LogP contribution is -2.58. The van der Waals surface area contributed by atoms with Crippen LogP contribution in [0.15, 0.2) is 12.4 Å². The van der Waals surface area contributed by atoms with Gasteiger partial charge in [0.1, 0.15) is 0 Å². The summed E-state index contributed by atoms with van der Waals surface area (Å²) in [6.45, 7) is 9.98. The fourth-order valence-corrected chi connectivity index (χ4v) is 2.89. The molecule has 2 rings (SSSR count). The zero-order valence-electron chi connectivity index (χ0n) is 12.6. The van der Waals surface area contributed by atoms with Gasteiger partial charge in [-0.05, 0) is 58.7 Å². The van der Waals surface area contributed by atoms with E-state index in [4.69, 9.17) is 5.73 Å². The molecule has 1 saturated heterocycles. The Balaban J connectivity index is 1.98. The van der Waals surface area contributed by atoms with Crippen molar-refractivity contribution in [3.05, 3.63) is 18.0 Å². The van der Waals surface area contributed by atoms with Gasteiger partial charge in [-0.15, -0.1) is 0 Å². The van der Waals surface area contributed by atoms with Gasteiger partial charge in [0, 0.05) is 24.3 Å². The summed E-state index contributed by atoms with van der Waals surface area (Å²) >= 11 is 0. The minimum absolute atomic E-state index is 0.0642. The van der Waals surface area contributed by atoms with Gasteiger partial charge >= 0.3 is 0 Å². The Morgan fingerprint density at radius 1 is 1.32 bits per heavy atom. The summed E-state index contributed by atoms with van der Waals surface area (Å²) < 4.78 is 1.97. The lowest BCUT2D eigenvalue weighted by atomic mass is 9.87. The van der Waals surface area contributed by atoms with Gasteiger partial charge in [-0.25, -0.2) is 0 Å². The van der Waals surface area contributed by atoms with E-state index < -0.39 is 0 Å². The molecule has 1 aromatic rings. The maximum Gasteiger partial charge on any atom is 0.0522 e. The van der Waals surface area contributed by atoms with Crippen LogP contribution in [-0.2, 0) is 13.0 Å². The van der Waals surface area contributed by atoms with E-state index in [0.29, 0.717) is 0 Å². The molecule has 0 amide bonds. The first-order valence-corrected chi connectivity index (χ1v) is 7.56. The number of aryl methyl sites for hydroxylation is 1. The molecule has 19 heavy (non-hydrogen) atoms. The molecule has 4 heteroatoms. The number of aromatic nitrogens is 2. The molecule has 1 aliphatic rings. The first-order valence-electron chi connectivity index (χ1n) is 7.56. The van der Waals surface area contributed by atoms with Crippen LogP contribution in [0.1, 0.15) is 45.6 Å². The number of nitrogens with zero attached hydrogens (tertiary/aromatic N) is 3. The third-order valence-corrected chi connectivity index (χ3v) is 4.54. The summed E-state index contributed by atoms with van der Waals surface area (Å²) in [5.41, 5.74) is 7.80. The van der Waals surface area contributed by atoms with Crippen LogP contribution in [0.3, 0.4) is 0 Å². The Kier molecular flexibility index (Phi) is 4.63. The highest BCUT2D eigenvalue weighted by atomic mass is 15.3. The van der Waals surface area contributed by atoms with Gasteiger partial charge in [0.2, 0.25) is 0 Å². The lowest BCUT2D eigenvalue weighted by molar-refractivity contribution is 0.0731. The van der Waals surface area contributed by atoms with Crippen molar-refractivity contribution in [3.8, 4) is 0 Å². The van der Waals surface area contributed by atoms with Crippen molar-refractivity contribution in [1.29, 1.82) is 0 Å². The van der Waals surface area contributed by atoms with Crippen LogP contribution in [-0.4, -0.2) is 39.4 Å². The minimum atomic E-state index is 0.0642. The van der Waals surface area contributed by atoms with E-state index in [1.54, 1.807) is 0 Å². The van der Waals surface area contributed by atoms with Crippen molar-refractivity contribution in [2.75, 3.05) is 13.1 Å². The molecular formula is C15H28N4. The van der Waals surface area contributed by atoms with Gasteiger partial charge in [0.15, 0.2) is 0 Å².